The smallest absolute Gasteiger partial charge is 0.305 e. The van der Waals surface area contributed by atoms with Gasteiger partial charge in [0.25, 0.3) is 0 Å². The van der Waals surface area contributed by atoms with Crippen molar-refractivity contribution in [1.29, 1.82) is 0 Å². The van der Waals surface area contributed by atoms with Crippen LogP contribution in [-0.4, -0.2) is 35.5 Å². The average Bonchev–Trinajstić information content (AvgIpc) is 2.36. The molecule has 0 saturated heterocycles. The van der Waals surface area contributed by atoms with Crippen LogP contribution in [-0.2, 0) is 22.6 Å². The molecule has 0 bridgehead atoms. The fourth-order valence-corrected chi connectivity index (χ4v) is 1.62. The van der Waals surface area contributed by atoms with E-state index in [2.05, 4.69) is 0 Å². The first-order chi connectivity index (χ1) is 8.54. The van der Waals surface area contributed by atoms with E-state index in [0.717, 1.165) is 11.1 Å². The molecule has 3 N–H and O–H groups in total. The van der Waals surface area contributed by atoms with E-state index in [1.54, 1.807) is 7.05 Å². The third-order valence-electron chi connectivity index (χ3n) is 2.77. The van der Waals surface area contributed by atoms with Gasteiger partial charge in [-0.15, -0.1) is 0 Å². The van der Waals surface area contributed by atoms with Crippen molar-refractivity contribution in [2.75, 3.05) is 13.6 Å². The fourth-order valence-electron chi connectivity index (χ4n) is 1.62. The number of nitrogens with two attached hydrogens (primary N) is 1. The second kappa shape index (κ2) is 6.76. The quantitative estimate of drug-likeness (QED) is 0.775. The van der Waals surface area contributed by atoms with E-state index in [9.17, 15) is 9.59 Å². The zero-order chi connectivity index (χ0) is 13.5. The Hall–Kier alpha value is -1.88. The highest BCUT2D eigenvalue weighted by Gasteiger charge is 2.12. The minimum Gasteiger partial charge on any atom is -0.481 e. The van der Waals surface area contributed by atoms with Gasteiger partial charge in [0.2, 0.25) is 5.91 Å². The van der Waals surface area contributed by atoms with Gasteiger partial charge in [0.1, 0.15) is 0 Å². The number of likely N-dealkylation sites (N-methyl/N-ethyl adjacent to an activating group) is 1. The van der Waals surface area contributed by atoms with Gasteiger partial charge in [-0.05, 0) is 11.1 Å². The van der Waals surface area contributed by atoms with Crippen molar-refractivity contribution in [2.45, 2.75) is 19.4 Å². The largest absolute Gasteiger partial charge is 0.481 e. The first kappa shape index (κ1) is 14.2. The lowest BCUT2D eigenvalue weighted by Crippen LogP contribution is -2.30. The molecular weight excluding hydrogens is 232 g/mol. The van der Waals surface area contributed by atoms with Gasteiger partial charge in [0, 0.05) is 20.1 Å². The van der Waals surface area contributed by atoms with Gasteiger partial charge in [-0.25, -0.2) is 0 Å². The lowest BCUT2D eigenvalue weighted by atomic mass is 10.0. The van der Waals surface area contributed by atoms with Crippen molar-refractivity contribution in [3.63, 3.8) is 0 Å². The Balaban J connectivity index is 2.60. The molecule has 5 nitrogen and oxygen atoms in total. The normalized spacial score (nSPS) is 10.1. The number of rotatable bonds is 6. The van der Waals surface area contributed by atoms with Gasteiger partial charge in [-0.3, -0.25) is 9.59 Å². The fraction of sp³-hybridized carbons (Fsp3) is 0.385. The minimum absolute atomic E-state index is 0.0409. The Morgan fingerprint density at radius 1 is 1.28 bits per heavy atom. The minimum atomic E-state index is -0.906. The van der Waals surface area contributed by atoms with Gasteiger partial charge in [0.05, 0.1) is 12.8 Å². The van der Waals surface area contributed by atoms with Crippen LogP contribution < -0.4 is 5.73 Å². The SMILES string of the molecule is CN(CCC(=O)O)C(=O)Cc1ccccc1CN. The second-order valence-electron chi connectivity index (χ2n) is 4.11. The van der Waals surface area contributed by atoms with Crippen molar-refractivity contribution in [1.82, 2.24) is 4.90 Å². The lowest BCUT2D eigenvalue weighted by molar-refractivity contribution is -0.138. The maximum absolute atomic E-state index is 11.9. The third-order valence-corrected chi connectivity index (χ3v) is 2.77. The van der Waals surface area contributed by atoms with Gasteiger partial charge in [0.15, 0.2) is 0 Å². The van der Waals surface area contributed by atoms with Crippen LogP contribution in [0.1, 0.15) is 17.5 Å². The predicted octanol–water partition coefficient (Wildman–Crippen LogP) is 0.621. The molecule has 0 radical (unpaired) electrons. The standard InChI is InChI=1S/C13H18N2O3/c1-15(7-6-13(17)18)12(16)8-10-4-2-3-5-11(10)9-14/h2-5H,6-9,14H2,1H3,(H,17,18). The number of benzene rings is 1. The molecule has 0 fully saturated rings. The number of carbonyl (C=O) groups is 2. The molecule has 98 valence electrons. The number of carbonyl (C=O) groups excluding carboxylic acids is 1. The summed E-state index contributed by atoms with van der Waals surface area (Å²) in [5.74, 6) is -1.01. The van der Waals surface area contributed by atoms with Crippen LogP contribution in [0.15, 0.2) is 24.3 Å². The molecule has 0 heterocycles. The summed E-state index contributed by atoms with van der Waals surface area (Å²) in [7, 11) is 1.61. The summed E-state index contributed by atoms with van der Waals surface area (Å²) in [6, 6.07) is 7.49. The molecule has 5 heteroatoms. The van der Waals surface area contributed by atoms with Crippen molar-refractivity contribution in [2.24, 2.45) is 5.73 Å². The highest BCUT2D eigenvalue weighted by molar-refractivity contribution is 5.79. The van der Waals surface area contributed by atoms with E-state index in [0.29, 0.717) is 6.54 Å². The summed E-state index contributed by atoms with van der Waals surface area (Å²) in [6.45, 7) is 0.612. The van der Waals surface area contributed by atoms with E-state index in [1.807, 2.05) is 24.3 Å². The zero-order valence-electron chi connectivity index (χ0n) is 10.4. The Morgan fingerprint density at radius 2 is 1.89 bits per heavy atom. The third kappa shape index (κ3) is 4.18. The van der Waals surface area contributed by atoms with Gasteiger partial charge in [-0.2, -0.15) is 0 Å². The van der Waals surface area contributed by atoms with Crippen LogP contribution in [0, 0.1) is 0 Å². The molecule has 0 atom stereocenters. The van der Waals surface area contributed by atoms with E-state index < -0.39 is 5.97 Å². The van der Waals surface area contributed by atoms with E-state index in [-0.39, 0.29) is 25.3 Å². The zero-order valence-corrected chi connectivity index (χ0v) is 10.4. The molecule has 1 aromatic carbocycles. The van der Waals surface area contributed by atoms with Crippen LogP contribution in [0.3, 0.4) is 0 Å². The number of hydrogen-bond acceptors (Lipinski definition) is 3. The van der Waals surface area contributed by atoms with Crippen molar-refractivity contribution < 1.29 is 14.7 Å². The molecule has 0 aliphatic carbocycles. The maximum Gasteiger partial charge on any atom is 0.305 e. The summed E-state index contributed by atoms with van der Waals surface area (Å²) in [5, 5.41) is 8.56. The predicted molar refractivity (Wildman–Crippen MR) is 67.9 cm³/mol. The highest BCUT2D eigenvalue weighted by atomic mass is 16.4. The average molecular weight is 250 g/mol. The van der Waals surface area contributed by atoms with Crippen LogP contribution >= 0.6 is 0 Å². The molecule has 18 heavy (non-hydrogen) atoms. The molecule has 0 spiro atoms. The van der Waals surface area contributed by atoms with Gasteiger partial charge in [-0.1, -0.05) is 24.3 Å². The molecule has 0 saturated carbocycles. The summed E-state index contributed by atoms with van der Waals surface area (Å²) in [4.78, 5) is 23.7. The molecule has 1 rings (SSSR count). The molecule has 1 amide bonds. The summed E-state index contributed by atoms with van der Waals surface area (Å²) >= 11 is 0. The molecule has 0 aromatic heterocycles. The van der Waals surface area contributed by atoms with E-state index >= 15 is 0 Å². The second-order valence-corrected chi connectivity index (χ2v) is 4.11. The Bertz CT molecular complexity index is 432. The molecule has 0 aliphatic heterocycles. The first-order valence-corrected chi connectivity index (χ1v) is 5.77. The number of aliphatic carboxylic acids is 1. The number of carboxylic acids is 1. The molecule has 0 aliphatic rings. The van der Waals surface area contributed by atoms with Crippen LogP contribution in [0.25, 0.3) is 0 Å². The van der Waals surface area contributed by atoms with Crippen LogP contribution in [0.5, 0.6) is 0 Å². The Morgan fingerprint density at radius 3 is 2.44 bits per heavy atom. The number of hydrogen-bond donors (Lipinski definition) is 2. The van der Waals surface area contributed by atoms with Crippen molar-refractivity contribution in [3.05, 3.63) is 35.4 Å². The molecular formula is C13H18N2O3. The van der Waals surface area contributed by atoms with Crippen LogP contribution in [0.4, 0.5) is 0 Å². The number of nitrogens with zero attached hydrogens (tertiary/aromatic N) is 1. The first-order valence-electron chi connectivity index (χ1n) is 5.77. The highest BCUT2D eigenvalue weighted by Crippen LogP contribution is 2.10. The molecule has 0 unspecified atom stereocenters. The van der Waals surface area contributed by atoms with E-state index in [1.165, 1.54) is 4.90 Å². The van der Waals surface area contributed by atoms with Gasteiger partial charge >= 0.3 is 5.97 Å². The maximum atomic E-state index is 11.9. The summed E-state index contributed by atoms with van der Waals surface area (Å²) < 4.78 is 0. The summed E-state index contributed by atoms with van der Waals surface area (Å²) in [6.07, 6.45) is 0.213. The van der Waals surface area contributed by atoms with Crippen LogP contribution in [0.2, 0.25) is 0 Å². The van der Waals surface area contributed by atoms with Crippen molar-refractivity contribution in [3.8, 4) is 0 Å². The monoisotopic (exact) mass is 250 g/mol. The topological polar surface area (TPSA) is 83.6 Å². The Kier molecular flexibility index (Phi) is 5.32. The van der Waals surface area contributed by atoms with Crippen molar-refractivity contribution >= 4 is 11.9 Å². The summed E-state index contributed by atoms with van der Waals surface area (Å²) in [5.41, 5.74) is 7.44. The lowest BCUT2D eigenvalue weighted by Gasteiger charge is -2.17. The Labute approximate surface area is 106 Å². The number of amides is 1. The van der Waals surface area contributed by atoms with E-state index in [4.69, 9.17) is 10.8 Å². The molecule has 1 aromatic rings. The van der Waals surface area contributed by atoms with Gasteiger partial charge < -0.3 is 15.7 Å². The number of carboxylic acid groups (broad SMARTS) is 1.